The molecule has 2 fully saturated rings. The first-order valence-electron chi connectivity index (χ1n) is 7.18. The highest BCUT2D eigenvalue weighted by Crippen LogP contribution is 2.30. The Morgan fingerprint density at radius 3 is 2.45 bits per heavy atom. The second-order valence-electron chi connectivity index (χ2n) is 5.86. The minimum atomic E-state index is -2.89. The van der Waals surface area contributed by atoms with Gasteiger partial charge in [-0.3, -0.25) is 4.79 Å². The quantitative estimate of drug-likeness (QED) is 0.745. The standard InChI is InChI=1S/C13H24N2O4S/c1-19-10-13(4-6-14-7-5-13)12(16)15-11-2-8-20(17,18)9-3-11/h11,14H,2-10H2,1H3,(H,15,16). The SMILES string of the molecule is COCC1(C(=O)NC2CCS(=O)(=O)CC2)CCNCC1. The number of amides is 1. The van der Waals surface area contributed by atoms with Gasteiger partial charge in [0, 0.05) is 13.2 Å². The summed E-state index contributed by atoms with van der Waals surface area (Å²) < 4.78 is 28.1. The van der Waals surface area contributed by atoms with E-state index in [1.807, 2.05) is 0 Å². The molecule has 6 nitrogen and oxygen atoms in total. The van der Waals surface area contributed by atoms with Crippen LogP contribution in [-0.2, 0) is 19.4 Å². The molecule has 2 aliphatic rings. The van der Waals surface area contributed by atoms with Crippen molar-refractivity contribution in [2.45, 2.75) is 31.7 Å². The number of hydrogen-bond donors (Lipinski definition) is 2. The van der Waals surface area contributed by atoms with Gasteiger partial charge in [-0.25, -0.2) is 8.42 Å². The minimum absolute atomic E-state index is 0.0187. The Kier molecular flexibility index (Phi) is 5.04. The zero-order chi connectivity index (χ0) is 14.6. The molecule has 0 bridgehead atoms. The number of hydrogen-bond acceptors (Lipinski definition) is 5. The lowest BCUT2D eigenvalue weighted by Gasteiger charge is -2.37. The van der Waals surface area contributed by atoms with E-state index in [0.29, 0.717) is 19.4 Å². The topological polar surface area (TPSA) is 84.5 Å². The fraction of sp³-hybridized carbons (Fsp3) is 0.923. The number of carbonyl (C=O) groups is 1. The van der Waals surface area contributed by atoms with E-state index in [4.69, 9.17) is 4.74 Å². The number of carbonyl (C=O) groups excluding carboxylic acids is 1. The van der Waals surface area contributed by atoms with Crippen LogP contribution in [0.3, 0.4) is 0 Å². The summed E-state index contributed by atoms with van der Waals surface area (Å²) >= 11 is 0. The summed E-state index contributed by atoms with van der Waals surface area (Å²) in [5, 5.41) is 6.29. The highest BCUT2D eigenvalue weighted by Gasteiger charge is 2.40. The van der Waals surface area contributed by atoms with Crippen LogP contribution in [0.1, 0.15) is 25.7 Å². The molecule has 0 atom stereocenters. The van der Waals surface area contributed by atoms with E-state index >= 15 is 0 Å². The van der Waals surface area contributed by atoms with Crippen molar-refractivity contribution in [1.82, 2.24) is 10.6 Å². The first kappa shape index (κ1) is 15.7. The smallest absolute Gasteiger partial charge is 0.228 e. The summed E-state index contributed by atoms with van der Waals surface area (Å²) in [6.45, 7) is 2.05. The molecule has 116 valence electrons. The molecule has 2 heterocycles. The van der Waals surface area contributed by atoms with Crippen LogP contribution in [0.15, 0.2) is 0 Å². The molecule has 1 amide bonds. The van der Waals surface area contributed by atoms with E-state index < -0.39 is 15.3 Å². The van der Waals surface area contributed by atoms with Crippen molar-refractivity contribution in [3.05, 3.63) is 0 Å². The van der Waals surface area contributed by atoms with Gasteiger partial charge >= 0.3 is 0 Å². The van der Waals surface area contributed by atoms with Crippen molar-refractivity contribution < 1.29 is 17.9 Å². The summed E-state index contributed by atoms with van der Waals surface area (Å²) in [4.78, 5) is 12.6. The minimum Gasteiger partial charge on any atom is -0.384 e. The number of nitrogens with one attached hydrogen (secondary N) is 2. The molecule has 0 aromatic rings. The number of rotatable bonds is 4. The van der Waals surface area contributed by atoms with E-state index in [1.54, 1.807) is 7.11 Å². The zero-order valence-electron chi connectivity index (χ0n) is 12.0. The molecule has 20 heavy (non-hydrogen) atoms. The largest absolute Gasteiger partial charge is 0.384 e. The van der Waals surface area contributed by atoms with Gasteiger partial charge in [-0.1, -0.05) is 0 Å². The Morgan fingerprint density at radius 2 is 1.90 bits per heavy atom. The van der Waals surface area contributed by atoms with Crippen LogP contribution in [0.4, 0.5) is 0 Å². The van der Waals surface area contributed by atoms with Gasteiger partial charge < -0.3 is 15.4 Å². The lowest BCUT2D eigenvalue weighted by molar-refractivity contribution is -0.137. The number of ether oxygens (including phenoxy) is 1. The monoisotopic (exact) mass is 304 g/mol. The molecule has 0 radical (unpaired) electrons. The van der Waals surface area contributed by atoms with Crippen LogP contribution in [-0.4, -0.2) is 58.7 Å². The van der Waals surface area contributed by atoms with Crippen LogP contribution in [0.5, 0.6) is 0 Å². The molecule has 0 saturated carbocycles. The zero-order valence-corrected chi connectivity index (χ0v) is 12.8. The summed E-state index contributed by atoms with van der Waals surface area (Å²) in [6, 6.07) is -0.0189. The van der Waals surface area contributed by atoms with E-state index in [-0.39, 0.29) is 23.5 Å². The maximum Gasteiger partial charge on any atom is 0.228 e. The van der Waals surface area contributed by atoms with Crippen LogP contribution in [0.25, 0.3) is 0 Å². The molecule has 0 aromatic carbocycles. The Hall–Kier alpha value is -0.660. The van der Waals surface area contributed by atoms with Gasteiger partial charge in [-0.2, -0.15) is 0 Å². The van der Waals surface area contributed by atoms with E-state index in [0.717, 1.165) is 25.9 Å². The van der Waals surface area contributed by atoms with Crippen LogP contribution in [0.2, 0.25) is 0 Å². The summed E-state index contributed by atoms with van der Waals surface area (Å²) in [5.41, 5.74) is -0.462. The van der Waals surface area contributed by atoms with Gasteiger partial charge in [-0.05, 0) is 38.8 Å². The molecule has 2 rings (SSSR count). The average molecular weight is 304 g/mol. The fourth-order valence-corrected chi connectivity index (χ4v) is 4.48. The molecule has 0 aliphatic carbocycles. The van der Waals surface area contributed by atoms with Crippen molar-refractivity contribution in [3.8, 4) is 0 Å². The van der Waals surface area contributed by atoms with Gasteiger partial charge in [0.1, 0.15) is 9.84 Å². The highest BCUT2D eigenvalue weighted by molar-refractivity contribution is 7.91. The number of methoxy groups -OCH3 is 1. The Morgan fingerprint density at radius 1 is 1.30 bits per heavy atom. The van der Waals surface area contributed by atoms with Crippen LogP contribution >= 0.6 is 0 Å². The van der Waals surface area contributed by atoms with Gasteiger partial charge in [-0.15, -0.1) is 0 Å². The molecular weight excluding hydrogens is 280 g/mol. The van der Waals surface area contributed by atoms with Gasteiger partial charge in [0.2, 0.25) is 5.91 Å². The van der Waals surface area contributed by atoms with Gasteiger partial charge in [0.25, 0.3) is 0 Å². The molecule has 2 aliphatic heterocycles. The Bertz CT molecular complexity index is 424. The van der Waals surface area contributed by atoms with E-state index in [2.05, 4.69) is 10.6 Å². The maximum absolute atomic E-state index is 12.6. The summed E-state index contributed by atoms with van der Waals surface area (Å²) in [6.07, 6.45) is 2.57. The van der Waals surface area contributed by atoms with E-state index in [9.17, 15) is 13.2 Å². The third kappa shape index (κ3) is 3.71. The molecule has 0 spiro atoms. The molecular formula is C13H24N2O4S. The van der Waals surface area contributed by atoms with Crippen molar-refractivity contribution in [2.24, 2.45) is 5.41 Å². The van der Waals surface area contributed by atoms with Gasteiger partial charge in [0.15, 0.2) is 0 Å². The Balaban J connectivity index is 1.95. The van der Waals surface area contributed by atoms with Crippen molar-refractivity contribution >= 4 is 15.7 Å². The second kappa shape index (κ2) is 6.41. The third-order valence-electron chi connectivity index (χ3n) is 4.35. The van der Waals surface area contributed by atoms with E-state index in [1.165, 1.54) is 0 Å². The molecule has 7 heteroatoms. The summed E-state index contributed by atoms with van der Waals surface area (Å²) in [7, 11) is -1.27. The average Bonchev–Trinajstić information content (AvgIpc) is 2.42. The predicted octanol–water partition coefficient (Wildman–Crippen LogP) is -0.304. The van der Waals surface area contributed by atoms with Crippen LogP contribution in [0, 0.1) is 5.41 Å². The van der Waals surface area contributed by atoms with Crippen LogP contribution < -0.4 is 10.6 Å². The highest BCUT2D eigenvalue weighted by atomic mass is 32.2. The maximum atomic E-state index is 12.6. The lowest BCUT2D eigenvalue weighted by Crippen LogP contribution is -2.53. The normalized spacial score (nSPS) is 26.1. The van der Waals surface area contributed by atoms with Crippen molar-refractivity contribution in [3.63, 3.8) is 0 Å². The third-order valence-corrected chi connectivity index (χ3v) is 6.07. The van der Waals surface area contributed by atoms with Crippen molar-refractivity contribution in [1.29, 1.82) is 0 Å². The second-order valence-corrected chi connectivity index (χ2v) is 8.17. The molecule has 0 unspecified atom stereocenters. The fourth-order valence-electron chi connectivity index (χ4n) is 2.99. The summed E-state index contributed by atoms with van der Waals surface area (Å²) in [5.74, 6) is 0.373. The predicted molar refractivity (Wildman–Crippen MR) is 76.2 cm³/mol. The first-order valence-corrected chi connectivity index (χ1v) is 9.01. The molecule has 0 aromatic heterocycles. The molecule has 2 saturated heterocycles. The molecule has 2 N–H and O–H groups in total. The van der Waals surface area contributed by atoms with Crippen molar-refractivity contribution in [2.75, 3.05) is 38.3 Å². The first-order chi connectivity index (χ1) is 9.47. The lowest BCUT2D eigenvalue weighted by atomic mass is 9.78. The number of sulfone groups is 1. The Labute approximate surface area is 120 Å². The van der Waals surface area contributed by atoms with Gasteiger partial charge in [0.05, 0.1) is 23.5 Å². The number of piperidine rings is 1.